The van der Waals surface area contributed by atoms with Crippen molar-refractivity contribution in [2.45, 2.75) is 57.4 Å². The van der Waals surface area contributed by atoms with Crippen LogP contribution in [0.25, 0.3) is 0 Å². The van der Waals surface area contributed by atoms with E-state index in [4.69, 9.17) is 0 Å². The van der Waals surface area contributed by atoms with Gasteiger partial charge in [0, 0.05) is 44.6 Å². The van der Waals surface area contributed by atoms with Gasteiger partial charge in [0.1, 0.15) is 0 Å². The van der Waals surface area contributed by atoms with Crippen molar-refractivity contribution in [3.05, 3.63) is 35.9 Å². The summed E-state index contributed by atoms with van der Waals surface area (Å²) in [5, 5.41) is 3.68. The summed E-state index contributed by atoms with van der Waals surface area (Å²) in [5.74, 6) is 1.56. The minimum atomic E-state index is 0. The zero-order chi connectivity index (χ0) is 20.1. The monoisotopic (exact) mass is 433 g/mol. The van der Waals surface area contributed by atoms with Gasteiger partial charge in [-0.3, -0.25) is 9.59 Å². The van der Waals surface area contributed by atoms with Crippen LogP contribution in [0.3, 0.4) is 0 Å². The van der Waals surface area contributed by atoms with Crippen LogP contribution < -0.4 is 5.32 Å². The number of amides is 2. The maximum atomic E-state index is 12.9. The van der Waals surface area contributed by atoms with Crippen LogP contribution in [0.15, 0.2) is 30.3 Å². The summed E-state index contributed by atoms with van der Waals surface area (Å²) in [6.45, 7) is 4.39. The molecule has 1 aliphatic carbocycles. The van der Waals surface area contributed by atoms with Crippen LogP contribution in [-0.4, -0.2) is 60.4 Å². The Labute approximate surface area is 187 Å². The molecular formula is C24H36ClN3O2. The van der Waals surface area contributed by atoms with E-state index in [1.165, 1.54) is 18.4 Å². The molecule has 0 aromatic heterocycles. The van der Waals surface area contributed by atoms with Crippen molar-refractivity contribution in [1.29, 1.82) is 0 Å². The maximum absolute atomic E-state index is 12.9. The van der Waals surface area contributed by atoms with E-state index in [9.17, 15) is 9.59 Å². The van der Waals surface area contributed by atoms with Crippen LogP contribution >= 0.6 is 12.4 Å². The van der Waals surface area contributed by atoms with Crippen LogP contribution in [0, 0.1) is 11.8 Å². The summed E-state index contributed by atoms with van der Waals surface area (Å²) >= 11 is 0. The summed E-state index contributed by atoms with van der Waals surface area (Å²) in [7, 11) is 0. The molecule has 0 bridgehead atoms. The van der Waals surface area contributed by atoms with Crippen LogP contribution in [0.1, 0.15) is 50.5 Å². The fourth-order valence-corrected chi connectivity index (χ4v) is 4.65. The van der Waals surface area contributed by atoms with Crippen LogP contribution in [0.2, 0.25) is 0 Å². The second-order valence-electron chi connectivity index (χ2n) is 9.09. The number of halogens is 1. The normalized spacial score (nSPS) is 20.7. The molecule has 1 aromatic carbocycles. The van der Waals surface area contributed by atoms with E-state index in [0.717, 1.165) is 70.7 Å². The van der Waals surface area contributed by atoms with Crippen molar-refractivity contribution in [3.63, 3.8) is 0 Å². The van der Waals surface area contributed by atoms with Crippen molar-refractivity contribution in [2.75, 3.05) is 32.7 Å². The van der Waals surface area contributed by atoms with E-state index in [0.29, 0.717) is 18.4 Å². The molecule has 1 aromatic rings. The molecule has 0 atom stereocenters. The first kappa shape index (κ1) is 23.1. The largest absolute Gasteiger partial charge is 0.343 e. The molecule has 30 heavy (non-hydrogen) atoms. The number of nitrogens with one attached hydrogen (secondary N) is 1. The topological polar surface area (TPSA) is 52.7 Å². The number of carbonyl (C=O) groups is 2. The van der Waals surface area contributed by atoms with Crippen molar-refractivity contribution in [1.82, 2.24) is 15.1 Å². The van der Waals surface area contributed by atoms with E-state index < -0.39 is 0 Å². The Bertz CT molecular complexity index is 679. The third kappa shape index (κ3) is 6.45. The number of benzene rings is 1. The van der Waals surface area contributed by atoms with Crippen LogP contribution in [0.5, 0.6) is 0 Å². The number of carbonyl (C=O) groups excluding carboxylic acids is 2. The number of nitrogens with zero attached hydrogens (tertiary/aromatic N) is 2. The Balaban J connectivity index is 0.00000256. The molecule has 2 saturated heterocycles. The minimum Gasteiger partial charge on any atom is -0.343 e. The molecule has 0 unspecified atom stereocenters. The van der Waals surface area contributed by atoms with Crippen molar-refractivity contribution in [2.24, 2.45) is 11.8 Å². The molecule has 166 valence electrons. The number of hydrogen-bond acceptors (Lipinski definition) is 3. The highest BCUT2D eigenvalue weighted by molar-refractivity contribution is 5.85. The van der Waals surface area contributed by atoms with Gasteiger partial charge < -0.3 is 15.1 Å². The number of piperidine rings is 2. The van der Waals surface area contributed by atoms with E-state index in [-0.39, 0.29) is 24.2 Å². The number of aryl methyl sites for hydroxylation is 1. The lowest BCUT2D eigenvalue weighted by Gasteiger charge is -2.37. The fourth-order valence-electron chi connectivity index (χ4n) is 4.65. The van der Waals surface area contributed by atoms with Gasteiger partial charge in [-0.25, -0.2) is 0 Å². The Kier molecular flexibility index (Phi) is 8.58. The standard InChI is InChI=1S/C24H35N3O2.ClH/c28-23(9-8-19-4-2-1-3-5-19)26-14-10-21(11-15-26)24(29)27-16-12-22(13-17-27)25-18-20-6-7-20;/h1-5,20-22,25H,6-18H2;1H. The van der Waals surface area contributed by atoms with Crippen LogP contribution in [0.4, 0.5) is 0 Å². The first-order valence-electron chi connectivity index (χ1n) is 11.5. The number of likely N-dealkylation sites (tertiary alicyclic amines) is 2. The highest BCUT2D eigenvalue weighted by Crippen LogP contribution is 2.28. The second-order valence-corrected chi connectivity index (χ2v) is 9.09. The predicted molar refractivity (Wildman–Crippen MR) is 122 cm³/mol. The molecule has 2 heterocycles. The fraction of sp³-hybridized carbons (Fsp3) is 0.667. The minimum absolute atomic E-state index is 0. The molecule has 1 saturated carbocycles. The first-order valence-corrected chi connectivity index (χ1v) is 11.5. The highest BCUT2D eigenvalue weighted by Gasteiger charge is 2.32. The Morgan fingerprint density at radius 1 is 0.867 bits per heavy atom. The molecule has 2 amide bonds. The summed E-state index contributed by atoms with van der Waals surface area (Å²) in [6.07, 6.45) is 7.91. The molecule has 3 aliphatic rings. The molecule has 6 heteroatoms. The van der Waals surface area contributed by atoms with Gasteiger partial charge in [-0.1, -0.05) is 30.3 Å². The van der Waals surface area contributed by atoms with E-state index in [2.05, 4.69) is 22.3 Å². The van der Waals surface area contributed by atoms with E-state index >= 15 is 0 Å². The smallest absolute Gasteiger partial charge is 0.225 e. The predicted octanol–water partition coefficient (Wildman–Crippen LogP) is 3.27. The Morgan fingerprint density at radius 2 is 1.50 bits per heavy atom. The van der Waals surface area contributed by atoms with E-state index in [1.54, 1.807) is 0 Å². The first-order chi connectivity index (χ1) is 14.2. The maximum Gasteiger partial charge on any atom is 0.225 e. The third-order valence-corrected chi connectivity index (χ3v) is 6.87. The van der Waals surface area contributed by atoms with Gasteiger partial charge in [0.2, 0.25) is 11.8 Å². The van der Waals surface area contributed by atoms with Gasteiger partial charge >= 0.3 is 0 Å². The van der Waals surface area contributed by atoms with Crippen LogP contribution in [-0.2, 0) is 16.0 Å². The molecule has 3 fully saturated rings. The lowest BCUT2D eigenvalue weighted by Crippen LogP contribution is -2.49. The van der Waals surface area contributed by atoms with Gasteiger partial charge in [-0.2, -0.15) is 0 Å². The molecule has 0 spiro atoms. The lowest BCUT2D eigenvalue weighted by atomic mass is 9.93. The van der Waals surface area contributed by atoms with Crippen molar-refractivity contribution < 1.29 is 9.59 Å². The zero-order valence-corrected chi connectivity index (χ0v) is 18.7. The summed E-state index contributed by atoms with van der Waals surface area (Å²) in [5.41, 5.74) is 1.21. The summed E-state index contributed by atoms with van der Waals surface area (Å²) in [4.78, 5) is 29.5. The lowest BCUT2D eigenvalue weighted by molar-refractivity contribution is -0.141. The van der Waals surface area contributed by atoms with Gasteiger partial charge in [0.05, 0.1) is 0 Å². The van der Waals surface area contributed by atoms with Gasteiger partial charge in [-0.15, -0.1) is 12.4 Å². The number of rotatable bonds is 7. The van der Waals surface area contributed by atoms with Crippen molar-refractivity contribution >= 4 is 24.2 Å². The second kappa shape index (κ2) is 11.1. The summed E-state index contributed by atoms with van der Waals surface area (Å²) in [6, 6.07) is 10.8. The average molecular weight is 434 g/mol. The molecule has 2 aliphatic heterocycles. The molecule has 5 nitrogen and oxygen atoms in total. The third-order valence-electron chi connectivity index (χ3n) is 6.87. The molecule has 0 radical (unpaired) electrons. The molecule has 4 rings (SSSR count). The summed E-state index contributed by atoms with van der Waals surface area (Å²) < 4.78 is 0. The highest BCUT2D eigenvalue weighted by atomic mass is 35.5. The Morgan fingerprint density at radius 3 is 2.13 bits per heavy atom. The zero-order valence-electron chi connectivity index (χ0n) is 17.9. The SMILES string of the molecule is Cl.O=C(CCc1ccccc1)N1CCC(C(=O)N2CCC(NCC3CC3)CC2)CC1. The van der Waals surface area contributed by atoms with E-state index in [1.807, 2.05) is 23.1 Å². The molecule has 1 N–H and O–H groups in total. The number of hydrogen-bond donors (Lipinski definition) is 1. The van der Waals surface area contributed by atoms with Gasteiger partial charge in [0.25, 0.3) is 0 Å². The Hall–Kier alpha value is -1.59. The van der Waals surface area contributed by atoms with Gasteiger partial charge in [0.15, 0.2) is 0 Å². The van der Waals surface area contributed by atoms with Crippen molar-refractivity contribution in [3.8, 4) is 0 Å². The molecular weight excluding hydrogens is 398 g/mol. The van der Waals surface area contributed by atoms with Gasteiger partial charge in [-0.05, 0) is 63.0 Å². The quantitative estimate of drug-likeness (QED) is 0.718. The average Bonchev–Trinajstić information content (AvgIpc) is 3.61.